The van der Waals surface area contributed by atoms with Crippen LogP contribution in [0, 0.1) is 20.8 Å². The molecule has 0 saturated carbocycles. The van der Waals surface area contributed by atoms with Crippen molar-refractivity contribution >= 4 is 21.6 Å². The highest BCUT2D eigenvalue weighted by molar-refractivity contribution is 7.89. The molecule has 0 spiro atoms. The molecule has 0 atom stereocenters. The Morgan fingerprint density at radius 3 is 2.35 bits per heavy atom. The highest BCUT2D eigenvalue weighted by Gasteiger charge is 2.23. The highest BCUT2D eigenvalue weighted by Crippen LogP contribution is 2.26. The zero-order valence-corrected chi connectivity index (χ0v) is 16.6. The summed E-state index contributed by atoms with van der Waals surface area (Å²) in [6.07, 6.45) is 0. The molecular formula is C19H25N3O3S. The largest absolute Gasteiger partial charge is 0.320 e. The second-order valence-electron chi connectivity index (χ2n) is 6.12. The lowest BCUT2D eigenvalue weighted by atomic mass is 10.1. The summed E-state index contributed by atoms with van der Waals surface area (Å²) in [7, 11) is -3.60. The molecule has 140 valence electrons. The van der Waals surface area contributed by atoms with Crippen LogP contribution in [0.2, 0.25) is 0 Å². The molecule has 0 aliphatic heterocycles. The number of nitrogens with one attached hydrogen (secondary N) is 1. The summed E-state index contributed by atoms with van der Waals surface area (Å²) in [6, 6.07) is 8.36. The number of amides is 1. The molecule has 0 aliphatic rings. The number of rotatable bonds is 6. The second-order valence-corrected chi connectivity index (χ2v) is 8.06. The fourth-order valence-electron chi connectivity index (χ4n) is 2.67. The summed E-state index contributed by atoms with van der Waals surface area (Å²) in [5.41, 5.74) is 3.13. The summed E-state index contributed by atoms with van der Waals surface area (Å²) in [4.78, 5) is 16.9. The molecule has 0 bridgehead atoms. The third-order valence-corrected chi connectivity index (χ3v) is 6.38. The molecule has 6 nitrogen and oxygen atoms in total. The number of hydrogen-bond acceptors (Lipinski definition) is 4. The lowest BCUT2D eigenvalue weighted by Crippen LogP contribution is -2.30. The van der Waals surface area contributed by atoms with Gasteiger partial charge in [-0.25, -0.2) is 13.4 Å². The summed E-state index contributed by atoms with van der Waals surface area (Å²) < 4.78 is 27.0. The third-order valence-electron chi connectivity index (χ3n) is 4.35. The van der Waals surface area contributed by atoms with Gasteiger partial charge in [0.2, 0.25) is 10.0 Å². The van der Waals surface area contributed by atoms with E-state index in [2.05, 4.69) is 10.3 Å². The third kappa shape index (κ3) is 4.11. The molecule has 1 heterocycles. The van der Waals surface area contributed by atoms with Crippen molar-refractivity contribution < 1.29 is 13.2 Å². The van der Waals surface area contributed by atoms with Gasteiger partial charge in [-0.05, 0) is 56.2 Å². The molecule has 1 N–H and O–H groups in total. The number of aromatic nitrogens is 1. The minimum atomic E-state index is -3.60. The average molecular weight is 375 g/mol. The number of hydrogen-bond donors (Lipinski definition) is 1. The first-order chi connectivity index (χ1) is 12.2. The molecule has 0 radical (unpaired) electrons. The quantitative estimate of drug-likeness (QED) is 0.840. The van der Waals surface area contributed by atoms with E-state index in [-0.39, 0.29) is 10.8 Å². The van der Waals surface area contributed by atoms with Crippen molar-refractivity contribution in [2.75, 3.05) is 18.4 Å². The number of aryl methyl sites for hydroxylation is 2. The number of nitrogens with zero attached hydrogens (tertiary/aromatic N) is 2. The van der Waals surface area contributed by atoms with Gasteiger partial charge < -0.3 is 5.32 Å². The van der Waals surface area contributed by atoms with Gasteiger partial charge in [0.15, 0.2) is 0 Å². The standard InChI is InChI=1S/C19H25N3O3S/c1-6-22(7-2)26(24,25)16-11-13(3)15(5)18(12-16)21-19(23)17-10-8-9-14(4)20-17/h8-12H,6-7H2,1-5H3,(H,21,23). The van der Waals surface area contributed by atoms with Crippen molar-refractivity contribution in [3.63, 3.8) is 0 Å². The van der Waals surface area contributed by atoms with Gasteiger partial charge in [0.05, 0.1) is 4.90 Å². The van der Waals surface area contributed by atoms with Gasteiger partial charge in [0.25, 0.3) is 5.91 Å². The number of pyridine rings is 1. The van der Waals surface area contributed by atoms with Crippen LogP contribution in [0.5, 0.6) is 0 Å². The van der Waals surface area contributed by atoms with E-state index in [1.807, 2.05) is 26.8 Å². The van der Waals surface area contributed by atoms with Crippen molar-refractivity contribution in [1.29, 1.82) is 0 Å². The Morgan fingerprint density at radius 2 is 1.77 bits per heavy atom. The molecule has 2 aromatic rings. The zero-order valence-electron chi connectivity index (χ0n) is 15.8. The average Bonchev–Trinajstić information content (AvgIpc) is 2.59. The van der Waals surface area contributed by atoms with Crippen LogP contribution in [0.3, 0.4) is 0 Å². The van der Waals surface area contributed by atoms with Crippen molar-refractivity contribution in [1.82, 2.24) is 9.29 Å². The van der Waals surface area contributed by atoms with Crippen LogP contribution in [-0.4, -0.2) is 36.7 Å². The SMILES string of the molecule is CCN(CC)S(=O)(=O)c1cc(C)c(C)c(NC(=O)c2cccc(C)n2)c1. The Balaban J connectivity index is 2.44. The monoisotopic (exact) mass is 375 g/mol. The van der Waals surface area contributed by atoms with Gasteiger partial charge in [-0.1, -0.05) is 19.9 Å². The molecule has 7 heteroatoms. The van der Waals surface area contributed by atoms with Crippen LogP contribution in [0.15, 0.2) is 35.2 Å². The molecule has 1 aromatic carbocycles. The summed E-state index contributed by atoms with van der Waals surface area (Å²) in [6.45, 7) is 9.87. The maximum absolute atomic E-state index is 12.8. The van der Waals surface area contributed by atoms with Crippen LogP contribution in [0.1, 0.15) is 41.2 Å². The first-order valence-electron chi connectivity index (χ1n) is 8.57. The Hall–Kier alpha value is -2.25. The fourth-order valence-corrected chi connectivity index (χ4v) is 4.24. The predicted molar refractivity (Wildman–Crippen MR) is 103 cm³/mol. The van der Waals surface area contributed by atoms with Gasteiger partial charge in [0.1, 0.15) is 5.69 Å². The maximum Gasteiger partial charge on any atom is 0.274 e. The summed E-state index contributed by atoms with van der Waals surface area (Å²) >= 11 is 0. The molecule has 2 rings (SSSR count). The number of sulfonamides is 1. The zero-order chi connectivity index (χ0) is 19.5. The Labute approximate surface area is 155 Å². The molecular weight excluding hydrogens is 350 g/mol. The second kappa shape index (κ2) is 7.97. The Morgan fingerprint density at radius 1 is 1.12 bits per heavy atom. The molecule has 26 heavy (non-hydrogen) atoms. The lowest BCUT2D eigenvalue weighted by Gasteiger charge is -2.20. The number of carbonyl (C=O) groups excluding carboxylic acids is 1. The summed E-state index contributed by atoms with van der Waals surface area (Å²) in [5, 5.41) is 2.80. The van der Waals surface area contributed by atoms with E-state index in [0.29, 0.717) is 24.5 Å². The maximum atomic E-state index is 12.8. The van der Waals surface area contributed by atoms with E-state index in [4.69, 9.17) is 0 Å². The van der Waals surface area contributed by atoms with Gasteiger partial charge in [-0.15, -0.1) is 0 Å². The molecule has 0 saturated heterocycles. The van der Waals surface area contributed by atoms with Gasteiger partial charge >= 0.3 is 0 Å². The van der Waals surface area contributed by atoms with E-state index in [0.717, 1.165) is 16.8 Å². The molecule has 0 aliphatic carbocycles. The topological polar surface area (TPSA) is 79.4 Å². The van der Waals surface area contributed by atoms with E-state index in [9.17, 15) is 13.2 Å². The first-order valence-corrected chi connectivity index (χ1v) is 10.0. The van der Waals surface area contributed by atoms with Crippen LogP contribution in [0.4, 0.5) is 5.69 Å². The van der Waals surface area contributed by atoms with E-state index in [1.165, 1.54) is 10.4 Å². The van der Waals surface area contributed by atoms with Crippen molar-refractivity contribution in [3.05, 3.63) is 52.8 Å². The smallest absolute Gasteiger partial charge is 0.274 e. The van der Waals surface area contributed by atoms with Crippen LogP contribution < -0.4 is 5.32 Å². The fraction of sp³-hybridized carbons (Fsp3) is 0.368. The highest BCUT2D eigenvalue weighted by atomic mass is 32.2. The molecule has 0 unspecified atom stereocenters. The van der Waals surface area contributed by atoms with Crippen molar-refractivity contribution in [2.45, 2.75) is 39.5 Å². The number of anilines is 1. The van der Waals surface area contributed by atoms with Crippen LogP contribution in [0.25, 0.3) is 0 Å². The lowest BCUT2D eigenvalue weighted by molar-refractivity contribution is 0.102. The van der Waals surface area contributed by atoms with Crippen molar-refractivity contribution in [3.8, 4) is 0 Å². The minimum Gasteiger partial charge on any atom is -0.320 e. The van der Waals surface area contributed by atoms with E-state index >= 15 is 0 Å². The van der Waals surface area contributed by atoms with Gasteiger partial charge in [-0.3, -0.25) is 4.79 Å². The molecule has 1 amide bonds. The van der Waals surface area contributed by atoms with E-state index in [1.54, 1.807) is 32.0 Å². The Kier molecular flexibility index (Phi) is 6.15. The van der Waals surface area contributed by atoms with Crippen LogP contribution >= 0.6 is 0 Å². The number of benzene rings is 1. The van der Waals surface area contributed by atoms with E-state index < -0.39 is 10.0 Å². The van der Waals surface area contributed by atoms with Crippen LogP contribution in [-0.2, 0) is 10.0 Å². The molecule has 0 fully saturated rings. The first kappa shape index (κ1) is 20.1. The van der Waals surface area contributed by atoms with Crippen molar-refractivity contribution in [2.24, 2.45) is 0 Å². The van der Waals surface area contributed by atoms with Gasteiger partial charge in [-0.2, -0.15) is 4.31 Å². The Bertz CT molecular complexity index is 920. The summed E-state index contributed by atoms with van der Waals surface area (Å²) in [5.74, 6) is -0.367. The number of carbonyl (C=O) groups is 1. The normalized spacial score (nSPS) is 11.6. The van der Waals surface area contributed by atoms with Gasteiger partial charge in [0, 0.05) is 24.5 Å². The molecule has 1 aromatic heterocycles. The minimum absolute atomic E-state index is 0.178. The predicted octanol–water partition coefficient (Wildman–Crippen LogP) is 3.29.